The van der Waals surface area contributed by atoms with Crippen LogP contribution in [0.1, 0.15) is 23.5 Å². The predicted octanol–water partition coefficient (Wildman–Crippen LogP) is 3.41. The van der Waals surface area contributed by atoms with E-state index in [0.29, 0.717) is 22.3 Å². The average molecular weight is 296 g/mol. The normalized spacial score (nSPS) is 18.6. The molecule has 98 valence electrons. The number of aromatic nitrogens is 2. The topological polar surface area (TPSA) is 38.1 Å². The fourth-order valence-corrected chi connectivity index (χ4v) is 2.57. The predicted molar refractivity (Wildman–Crippen MR) is 75.1 cm³/mol. The summed E-state index contributed by atoms with van der Waals surface area (Å²) in [4.78, 5) is 14.1. The van der Waals surface area contributed by atoms with Gasteiger partial charge in [-0.3, -0.25) is 9.48 Å². The summed E-state index contributed by atoms with van der Waals surface area (Å²) in [5.74, 6) is -0.0750. The molecule has 0 spiro atoms. The molecule has 0 fully saturated rings. The number of nitrogens with zero attached hydrogens (tertiary/aromatic N) is 3. The summed E-state index contributed by atoms with van der Waals surface area (Å²) in [7, 11) is 0. The van der Waals surface area contributed by atoms with Gasteiger partial charge in [0.25, 0.3) is 5.91 Å². The Morgan fingerprint density at radius 1 is 1.26 bits per heavy atom. The molecular weight excluding hydrogens is 285 g/mol. The van der Waals surface area contributed by atoms with Crippen molar-refractivity contribution in [2.45, 2.75) is 13.0 Å². The van der Waals surface area contributed by atoms with Gasteiger partial charge in [0.05, 0.1) is 16.1 Å². The lowest BCUT2D eigenvalue weighted by atomic mass is 10.1. The van der Waals surface area contributed by atoms with Crippen LogP contribution >= 0.6 is 23.2 Å². The van der Waals surface area contributed by atoms with Gasteiger partial charge in [-0.25, -0.2) is 0 Å². The van der Waals surface area contributed by atoms with E-state index >= 15 is 0 Å². The van der Waals surface area contributed by atoms with Crippen molar-refractivity contribution in [2.75, 3.05) is 11.4 Å². The van der Waals surface area contributed by atoms with Gasteiger partial charge < -0.3 is 4.90 Å². The molecule has 0 aliphatic carbocycles. The number of halogens is 2. The summed E-state index contributed by atoms with van der Waals surface area (Å²) in [5.41, 5.74) is 1.34. The first kappa shape index (κ1) is 12.5. The number of carbonyl (C=O) groups excluding carboxylic acids is 1. The molecule has 3 rings (SSSR count). The van der Waals surface area contributed by atoms with Crippen molar-refractivity contribution in [3.8, 4) is 0 Å². The van der Waals surface area contributed by atoms with Gasteiger partial charge >= 0.3 is 0 Å². The summed E-state index contributed by atoms with van der Waals surface area (Å²) in [5, 5.41) is 5.09. The van der Waals surface area contributed by atoms with E-state index in [4.69, 9.17) is 23.2 Å². The number of benzene rings is 1. The van der Waals surface area contributed by atoms with Gasteiger partial charge in [-0.2, -0.15) is 5.10 Å². The summed E-state index contributed by atoms with van der Waals surface area (Å²) >= 11 is 11.9. The lowest BCUT2D eigenvalue weighted by molar-refractivity contribution is 0.0953. The molecule has 0 N–H and O–H groups in total. The third kappa shape index (κ3) is 2.01. The monoisotopic (exact) mass is 295 g/mol. The van der Waals surface area contributed by atoms with Crippen molar-refractivity contribution < 1.29 is 4.79 Å². The van der Waals surface area contributed by atoms with E-state index in [9.17, 15) is 4.79 Å². The minimum absolute atomic E-state index is 0.0750. The van der Waals surface area contributed by atoms with Crippen LogP contribution in [0.25, 0.3) is 0 Å². The first-order chi connectivity index (χ1) is 9.08. The van der Waals surface area contributed by atoms with Crippen molar-refractivity contribution in [3.05, 3.63) is 46.2 Å². The third-order valence-electron chi connectivity index (χ3n) is 3.21. The van der Waals surface area contributed by atoms with Gasteiger partial charge in [0.1, 0.15) is 5.69 Å². The number of amides is 1. The van der Waals surface area contributed by atoms with Gasteiger partial charge in [-0.15, -0.1) is 0 Å². The number of hydrogen-bond acceptors (Lipinski definition) is 2. The summed E-state index contributed by atoms with van der Waals surface area (Å²) in [6.07, 6.45) is 1.64. The van der Waals surface area contributed by atoms with Crippen molar-refractivity contribution in [2.24, 2.45) is 0 Å². The van der Waals surface area contributed by atoms with Crippen LogP contribution in [0.4, 0.5) is 5.69 Å². The second-order valence-electron chi connectivity index (χ2n) is 4.52. The van der Waals surface area contributed by atoms with Crippen LogP contribution in [0.2, 0.25) is 10.0 Å². The second-order valence-corrected chi connectivity index (χ2v) is 5.34. The molecule has 0 radical (unpaired) electrons. The molecule has 0 bridgehead atoms. The molecule has 2 aromatic rings. The number of carbonyl (C=O) groups is 1. The molecule has 2 heterocycles. The Morgan fingerprint density at radius 2 is 2.05 bits per heavy atom. The van der Waals surface area contributed by atoms with Gasteiger partial charge in [0.2, 0.25) is 0 Å². The highest BCUT2D eigenvalue weighted by Gasteiger charge is 2.30. The highest BCUT2D eigenvalue weighted by atomic mass is 35.5. The minimum atomic E-state index is -0.0750. The van der Waals surface area contributed by atoms with E-state index in [2.05, 4.69) is 5.10 Å². The molecule has 6 heteroatoms. The Morgan fingerprint density at radius 3 is 2.79 bits per heavy atom. The quantitative estimate of drug-likeness (QED) is 0.808. The molecular formula is C13H11Cl2N3O. The van der Waals surface area contributed by atoms with Crippen molar-refractivity contribution >= 4 is 34.8 Å². The van der Waals surface area contributed by atoms with Crippen LogP contribution in [0.5, 0.6) is 0 Å². The average Bonchev–Trinajstić information content (AvgIpc) is 2.87. The molecule has 1 aliphatic rings. The lowest BCUT2D eigenvalue weighted by Crippen LogP contribution is -2.42. The van der Waals surface area contributed by atoms with Crippen molar-refractivity contribution in [1.29, 1.82) is 0 Å². The Kier molecular flexibility index (Phi) is 2.99. The standard InChI is InChI=1S/C13H11Cl2N3O/c1-8-7-17(9-2-3-10(14)11(15)6-9)13(19)12-4-5-16-18(8)12/h2-6,8H,7H2,1H3. The van der Waals surface area contributed by atoms with Crippen molar-refractivity contribution in [3.63, 3.8) is 0 Å². The van der Waals surface area contributed by atoms with E-state index in [1.807, 2.05) is 6.92 Å². The second kappa shape index (κ2) is 4.54. The molecule has 1 aromatic heterocycles. The Hall–Kier alpha value is -1.52. The molecule has 0 saturated carbocycles. The van der Waals surface area contributed by atoms with Gasteiger partial charge in [0.15, 0.2) is 0 Å². The highest BCUT2D eigenvalue weighted by Crippen LogP contribution is 2.30. The first-order valence-corrected chi connectivity index (χ1v) is 6.64. The molecule has 19 heavy (non-hydrogen) atoms. The van der Waals surface area contributed by atoms with Gasteiger partial charge in [0, 0.05) is 18.4 Å². The summed E-state index contributed by atoms with van der Waals surface area (Å²) in [6.45, 7) is 2.58. The SMILES string of the molecule is CC1CN(c2ccc(Cl)c(Cl)c2)C(=O)c2ccnn21. The zero-order valence-electron chi connectivity index (χ0n) is 10.2. The van der Waals surface area contributed by atoms with Crippen LogP contribution in [0.15, 0.2) is 30.5 Å². The molecule has 1 atom stereocenters. The maximum Gasteiger partial charge on any atom is 0.276 e. The fraction of sp³-hybridized carbons (Fsp3) is 0.231. The molecule has 1 aliphatic heterocycles. The largest absolute Gasteiger partial charge is 0.305 e. The van der Waals surface area contributed by atoms with E-state index < -0.39 is 0 Å². The molecule has 4 nitrogen and oxygen atoms in total. The maximum absolute atomic E-state index is 12.4. The number of anilines is 1. The molecule has 1 amide bonds. The highest BCUT2D eigenvalue weighted by molar-refractivity contribution is 6.42. The van der Waals surface area contributed by atoms with E-state index in [1.165, 1.54) is 0 Å². The lowest BCUT2D eigenvalue weighted by Gasteiger charge is -2.32. The molecule has 0 saturated heterocycles. The van der Waals surface area contributed by atoms with Crippen LogP contribution in [-0.2, 0) is 0 Å². The van der Waals surface area contributed by atoms with E-state index in [-0.39, 0.29) is 11.9 Å². The zero-order valence-corrected chi connectivity index (χ0v) is 11.7. The first-order valence-electron chi connectivity index (χ1n) is 5.88. The fourth-order valence-electron chi connectivity index (χ4n) is 2.27. The van der Waals surface area contributed by atoms with Gasteiger partial charge in [-0.1, -0.05) is 23.2 Å². The smallest absolute Gasteiger partial charge is 0.276 e. The van der Waals surface area contributed by atoms with E-state index in [0.717, 1.165) is 5.69 Å². The third-order valence-corrected chi connectivity index (χ3v) is 3.95. The summed E-state index contributed by atoms with van der Waals surface area (Å²) < 4.78 is 1.75. The van der Waals surface area contributed by atoms with Gasteiger partial charge in [-0.05, 0) is 31.2 Å². The Bertz CT molecular complexity index is 653. The Labute approximate surface area is 120 Å². The maximum atomic E-state index is 12.4. The summed E-state index contributed by atoms with van der Waals surface area (Å²) in [6, 6.07) is 7.05. The van der Waals surface area contributed by atoms with Crippen LogP contribution in [-0.4, -0.2) is 22.2 Å². The number of fused-ring (bicyclic) bond motifs is 1. The minimum Gasteiger partial charge on any atom is -0.305 e. The number of rotatable bonds is 1. The van der Waals surface area contributed by atoms with E-state index in [1.54, 1.807) is 40.0 Å². The zero-order chi connectivity index (χ0) is 13.6. The van der Waals surface area contributed by atoms with Crippen LogP contribution in [0, 0.1) is 0 Å². The molecule has 1 unspecified atom stereocenters. The van der Waals surface area contributed by atoms with Crippen molar-refractivity contribution in [1.82, 2.24) is 9.78 Å². The molecule has 1 aromatic carbocycles. The van der Waals surface area contributed by atoms with Crippen LogP contribution in [0.3, 0.4) is 0 Å². The number of hydrogen-bond donors (Lipinski definition) is 0. The Balaban J connectivity index is 2.03. The van der Waals surface area contributed by atoms with Crippen LogP contribution < -0.4 is 4.90 Å².